The van der Waals surface area contributed by atoms with Gasteiger partial charge in [-0.3, -0.25) is 10.1 Å². The summed E-state index contributed by atoms with van der Waals surface area (Å²) in [5.41, 5.74) is 6.44. The molecule has 1 aromatic heterocycles. The summed E-state index contributed by atoms with van der Waals surface area (Å²) in [4.78, 5) is 17.3. The van der Waals surface area contributed by atoms with Crippen LogP contribution >= 0.6 is 0 Å². The second-order valence-corrected chi connectivity index (χ2v) is 4.98. The molecular formula is C13H20N4O2. The highest BCUT2D eigenvalue weighted by molar-refractivity contribution is 5.62. The smallest absolute Gasteiger partial charge is 0.314 e. The number of aromatic nitrogens is 1. The van der Waals surface area contributed by atoms with Crippen molar-refractivity contribution in [3.8, 4) is 0 Å². The van der Waals surface area contributed by atoms with Crippen LogP contribution in [0.2, 0.25) is 0 Å². The summed E-state index contributed by atoms with van der Waals surface area (Å²) >= 11 is 0. The van der Waals surface area contributed by atoms with Crippen molar-refractivity contribution in [2.75, 3.05) is 18.0 Å². The van der Waals surface area contributed by atoms with Crippen LogP contribution in [0.25, 0.3) is 0 Å². The van der Waals surface area contributed by atoms with E-state index < -0.39 is 0 Å². The van der Waals surface area contributed by atoms with E-state index in [4.69, 9.17) is 5.73 Å². The van der Waals surface area contributed by atoms with Crippen molar-refractivity contribution < 1.29 is 4.92 Å². The molecule has 0 spiro atoms. The number of anilines is 1. The first-order chi connectivity index (χ1) is 9.15. The summed E-state index contributed by atoms with van der Waals surface area (Å²) in [5.74, 6) is 0.503. The lowest BCUT2D eigenvalue weighted by Gasteiger charge is -2.36. The standard InChI is InChI=1S/C13H20N4O2/c1-10-6-8-15-13(12(10)17(18)19)16-9-3-2-4-11(16)5-7-14/h6,8,11H,2-5,7,9,14H2,1H3. The molecule has 0 aromatic carbocycles. The quantitative estimate of drug-likeness (QED) is 0.664. The lowest BCUT2D eigenvalue weighted by atomic mass is 9.99. The molecule has 1 aromatic rings. The van der Waals surface area contributed by atoms with Crippen LogP contribution in [0.1, 0.15) is 31.2 Å². The molecule has 2 N–H and O–H groups in total. The van der Waals surface area contributed by atoms with Crippen LogP contribution in [0.4, 0.5) is 11.5 Å². The minimum absolute atomic E-state index is 0.131. The van der Waals surface area contributed by atoms with E-state index in [0.29, 0.717) is 17.9 Å². The van der Waals surface area contributed by atoms with E-state index in [0.717, 1.165) is 32.2 Å². The highest BCUT2D eigenvalue weighted by Gasteiger charge is 2.29. The zero-order valence-electron chi connectivity index (χ0n) is 11.2. The van der Waals surface area contributed by atoms with E-state index in [1.54, 1.807) is 19.2 Å². The van der Waals surface area contributed by atoms with E-state index in [2.05, 4.69) is 9.88 Å². The van der Waals surface area contributed by atoms with Gasteiger partial charge < -0.3 is 10.6 Å². The summed E-state index contributed by atoms with van der Waals surface area (Å²) in [6.07, 6.45) is 5.73. The van der Waals surface area contributed by atoms with Crippen molar-refractivity contribution in [2.24, 2.45) is 5.73 Å². The fourth-order valence-corrected chi connectivity index (χ4v) is 2.74. The summed E-state index contributed by atoms with van der Waals surface area (Å²) in [7, 11) is 0. The molecule has 0 radical (unpaired) electrons. The third kappa shape index (κ3) is 2.84. The van der Waals surface area contributed by atoms with Gasteiger partial charge in [0.05, 0.1) is 4.92 Å². The molecule has 0 saturated carbocycles. The molecule has 19 heavy (non-hydrogen) atoms. The van der Waals surface area contributed by atoms with Crippen molar-refractivity contribution in [1.29, 1.82) is 0 Å². The molecule has 1 atom stereocenters. The molecule has 104 valence electrons. The number of nitrogens with two attached hydrogens (primary N) is 1. The number of nitrogens with zero attached hydrogens (tertiary/aromatic N) is 3. The lowest BCUT2D eigenvalue weighted by Crippen LogP contribution is -2.41. The highest BCUT2D eigenvalue weighted by Crippen LogP contribution is 2.33. The second-order valence-electron chi connectivity index (χ2n) is 4.98. The van der Waals surface area contributed by atoms with Crippen molar-refractivity contribution in [2.45, 2.75) is 38.6 Å². The zero-order valence-corrected chi connectivity index (χ0v) is 11.2. The third-order valence-corrected chi connectivity index (χ3v) is 3.69. The Morgan fingerprint density at radius 3 is 3.05 bits per heavy atom. The molecule has 2 heterocycles. The largest absolute Gasteiger partial charge is 0.348 e. The van der Waals surface area contributed by atoms with Crippen LogP contribution < -0.4 is 10.6 Å². The minimum Gasteiger partial charge on any atom is -0.348 e. The van der Waals surface area contributed by atoms with Gasteiger partial charge >= 0.3 is 5.69 Å². The Balaban J connectivity index is 2.38. The maximum Gasteiger partial charge on any atom is 0.314 e. The van der Waals surface area contributed by atoms with Gasteiger partial charge in [-0.2, -0.15) is 0 Å². The number of nitro groups is 1. The van der Waals surface area contributed by atoms with Crippen molar-refractivity contribution in [3.63, 3.8) is 0 Å². The predicted molar refractivity (Wildman–Crippen MR) is 74.3 cm³/mol. The molecule has 0 bridgehead atoms. The first-order valence-corrected chi connectivity index (χ1v) is 6.72. The van der Waals surface area contributed by atoms with Crippen LogP contribution in [0.15, 0.2) is 12.3 Å². The Morgan fingerprint density at radius 1 is 1.58 bits per heavy atom. The molecule has 1 fully saturated rings. The van der Waals surface area contributed by atoms with E-state index in [1.165, 1.54) is 0 Å². The first kappa shape index (κ1) is 13.7. The summed E-state index contributed by atoms with van der Waals surface area (Å²) < 4.78 is 0. The zero-order chi connectivity index (χ0) is 13.8. The first-order valence-electron chi connectivity index (χ1n) is 6.72. The fraction of sp³-hybridized carbons (Fsp3) is 0.615. The Bertz CT molecular complexity index is 462. The molecule has 6 nitrogen and oxygen atoms in total. The van der Waals surface area contributed by atoms with Gasteiger partial charge in [0.15, 0.2) is 0 Å². The third-order valence-electron chi connectivity index (χ3n) is 3.69. The number of hydrogen-bond donors (Lipinski definition) is 1. The Labute approximate surface area is 112 Å². The molecular weight excluding hydrogens is 244 g/mol. The average Bonchev–Trinajstić information content (AvgIpc) is 2.39. The number of pyridine rings is 1. The Hall–Kier alpha value is -1.69. The van der Waals surface area contributed by atoms with Crippen LogP contribution in [-0.2, 0) is 0 Å². The second kappa shape index (κ2) is 5.97. The van der Waals surface area contributed by atoms with Crippen molar-refractivity contribution in [1.82, 2.24) is 4.98 Å². The van der Waals surface area contributed by atoms with Crippen LogP contribution in [0, 0.1) is 17.0 Å². The van der Waals surface area contributed by atoms with Crippen LogP contribution in [0.3, 0.4) is 0 Å². The van der Waals surface area contributed by atoms with Gasteiger partial charge in [-0.05, 0) is 45.2 Å². The monoisotopic (exact) mass is 264 g/mol. The Kier molecular flexibility index (Phi) is 4.31. The molecule has 2 rings (SSSR count). The van der Waals surface area contributed by atoms with Gasteiger partial charge in [0.1, 0.15) is 0 Å². The summed E-state index contributed by atoms with van der Waals surface area (Å²) in [6, 6.07) is 1.95. The number of aryl methyl sites for hydroxylation is 1. The minimum atomic E-state index is -0.328. The van der Waals surface area contributed by atoms with E-state index >= 15 is 0 Å². The maximum atomic E-state index is 11.3. The maximum absolute atomic E-state index is 11.3. The molecule has 1 aliphatic rings. The Morgan fingerprint density at radius 2 is 2.37 bits per heavy atom. The lowest BCUT2D eigenvalue weighted by molar-refractivity contribution is -0.384. The van der Waals surface area contributed by atoms with Crippen molar-refractivity contribution in [3.05, 3.63) is 27.9 Å². The number of hydrogen-bond acceptors (Lipinski definition) is 5. The van der Waals surface area contributed by atoms with Crippen LogP contribution in [0.5, 0.6) is 0 Å². The summed E-state index contributed by atoms with van der Waals surface area (Å²) in [6.45, 7) is 3.17. The molecule has 1 saturated heterocycles. The van der Waals surface area contributed by atoms with E-state index in [-0.39, 0.29) is 16.7 Å². The highest BCUT2D eigenvalue weighted by atomic mass is 16.6. The molecule has 0 amide bonds. The molecule has 1 aliphatic heterocycles. The van der Waals surface area contributed by atoms with Gasteiger partial charge in [-0.1, -0.05) is 0 Å². The summed E-state index contributed by atoms with van der Waals surface area (Å²) in [5, 5.41) is 11.3. The normalized spacial score (nSPS) is 19.5. The van der Waals surface area contributed by atoms with E-state index in [9.17, 15) is 10.1 Å². The molecule has 1 unspecified atom stereocenters. The van der Waals surface area contributed by atoms with Gasteiger partial charge in [-0.25, -0.2) is 4.98 Å². The van der Waals surface area contributed by atoms with Gasteiger partial charge in [-0.15, -0.1) is 0 Å². The van der Waals surface area contributed by atoms with Gasteiger partial charge in [0.25, 0.3) is 0 Å². The van der Waals surface area contributed by atoms with E-state index in [1.807, 2.05) is 0 Å². The predicted octanol–water partition coefficient (Wildman–Crippen LogP) is 2.01. The fourth-order valence-electron chi connectivity index (χ4n) is 2.74. The number of rotatable bonds is 4. The van der Waals surface area contributed by atoms with Crippen LogP contribution in [-0.4, -0.2) is 29.0 Å². The molecule has 0 aliphatic carbocycles. The van der Waals surface area contributed by atoms with Gasteiger partial charge in [0, 0.05) is 24.3 Å². The van der Waals surface area contributed by atoms with Crippen molar-refractivity contribution >= 4 is 11.5 Å². The topological polar surface area (TPSA) is 85.3 Å². The number of piperidine rings is 1. The van der Waals surface area contributed by atoms with Gasteiger partial charge in [0.2, 0.25) is 5.82 Å². The average molecular weight is 264 g/mol. The molecule has 6 heteroatoms. The SMILES string of the molecule is Cc1ccnc(N2CCCCC2CCN)c1[N+](=O)[O-].